The summed E-state index contributed by atoms with van der Waals surface area (Å²) in [5, 5.41) is 9.67. The van der Waals surface area contributed by atoms with Gasteiger partial charge in [0.25, 0.3) is 0 Å². The molecule has 0 aromatic carbocycles. The van der Waals surface area contributed by atoms with Crippen LogP contribution in [-0.4, -0.2) is 84.2 Å². The molecule has 2 heterocycles. The molecular weight excluding hydrogens is 252 g/mol. The fraction of sp³-hybridized carbons (Fsp3) is 1.00. The number of piperazine rings is 2. The predicted molar refractivity (Wildman–Crippen MR) is 74.8 cm³/mol. The lowest BCUT2D eigenvalue weighted by atomic mass is 10.4. The van der Waals surface area contributed by atoms with Gasteiger partial charge in [-0.2, -0.15) is 0 Å². The molecule has 0 aromatic heterocycles. The van der Waals surface area contributed by atoms with Crippen LogP contribution in [0, 0.1) is 0 Å². The quantitative estimate of drug-likeness (QED) is 0.561. The minimum atomic E-state index is -2.79. The predicted octanol–water partition coefficient (Wildman–Crippen LogP) is -1.88. The summed E-state index contributed by atoms with van der Waals surface area (Å²) in [5.74, 6) is 0.285. The monoisotopic (exact) mass is 278 g/mol. The Kier molecular flexibility index (Phi) is 7.76. The van der Waals surface area contributed by atoms with Gasteiger partial charge in [0.15, 0.2) is 0 Å². The van der Waals surface area contributed by atoms with Crippen molar-refractivity contribution in [3.63, 3.8) is 0 Å². The Morgan fingerprint density at radius 2 is 1.33 bits per heavy atom. The van der Waals surface area contributed by atoms with Crippen LogP contribution in [0.5, 0.6) is 0 Å². The van der Waals surface area contributed by atoms with Crippen LogP contribution in [0.4, 0.5) is 0 Å². The largest absolute Gasteiger partial charge is 0.314 e. The van der Waals surface area contributed by atoms with Crippen LogP contribution in [0.2, 0.25) is 0 Å². The van der Waals surface area contributed by atoms with Gasteiger partial charge in [0.1, 0.15) is 9.84 Å². The third kappa shape index (κ3) is 8.82. The van der Waals surface area contributed by atoms with Crippen molar-refractivity contribution in [1.29, 1.82) is 0 Å². The fourth-order valence-corrected chi connectivity index (χ4v) is 2.42. The van der Waals surface area contributed by atoms with Gasteiger partial charge in [-0.25, -0.2) is 8.42 Å². The molecule has 108 valence electrons. The molecule has 2 fully saturated rings. The van der Waals surface area contributed by atoms with E-state index in [1.807, 2.05) is 0 Å². The van der Waals surface area contributed by atoms with E-state index in [2.05, 4.69) is 20.9 Å². The van der Waals surface area contributed by atoms with Crippen molar-refractivity contribution in [3.8, 4) is 0 Å². The molecule has 0 atom stereocenters. The Balaban J connectivity index is 0.000000225. The van der Waals surface area contributed by atoms with Gasteiger partial charge in [0.2, 0.25) is 0 Å². The fourth-order valence-electron chi connectivity index (χ4n) is 1.83. The number of rotatable bonds is 3. The number of hydrogen-bond acceptors (Lipinski definition) is 6. The first-order valence-corrected chi connectivity index (χ1v) is 8.66. The van der Waals surface area contributed by atoms with E-state index in [-0.39, 0.29) is 5.75 Å². The summed E-state index contributed by atoms with van der Waals surface area (Å²) >= 11 is 0. The van der Waals surface area contributed by atoms with Crippen molar-refractivity contribution in [2.24, 2.45) is 0 Å². The van der Waals surface area contributed by atoms with Gasteiger partial charge in [0.05, 0.1) is 5.75 Å². The molecule has 18 heavy (non-hydrogen) atoms. The van der Waals surface area contributed by atoms with E-state index in [1.165, 1.54) is 6.26 Å². The van der Waals surface area contributed by atoms with Gasteiger partial charge < -0.3 is 16.0 Å². The molecule has 0 aromatic rings. The number of hydrogen-bond donors (Lipinski definition) is 3. The van der Waals surface area contributed by atoms with Crippen LogP contribution in [0.15, 0.2) is 0 Å². The second kappa shape index (κ2) is 8.82. The first kappa shape index (κ1) is 15.8. The highest BCUT2D eigenvalue weighted by Gasteiger charge is 2.11. The van der Waals surface area contributed by atoms with Crippen molar-refractivity contribution in [2.45, 2.75) is 0 Å². The van der Waals surface area contributed by atoms with E-state index >= 15 is 0 Å². The smallest absolute Gasteiger partial charge is 0.148 e. The number of nitrogens with one attached hydrogen (secondary N) is 3. The lowest BCUT2D eigenvalue weighted by Gasteiger charge is -2.26. The van der Waals surface area contributed by atoms with Gasteiger partial charge in [-0.05, 0) is 0 Å². The summed E-state index contributed by atoms with van der Waals surface area (Å²) < 4.78 is 21.7. The molecule has 0 radical (unpaired) electrons. The highest BCUT2D eigenvalue weighted by Crippen LogP contribution is 1.93. The molecule has 0 aliphatic carbocycles. The SMILES string of the molecule is C1CNCCN1.CS(=O)(=O)CCN1CCNCC1. The average Bonchev–Trinajstić information content (AvgIpc) is 2.40. The zero-order valence-corrected chi connectivity index (χ0v) is 12.1. The maximum atomic E-state index is 10.8. The molecule has 0 spiro atoms. The molecule has 0 unspecified atom stereocenters. The van der Waals surface area contributed by atoms with Gasteiger partial charge in [-0.15, -0.1) is 0 Å². The number of sulfone groups is 1. The first-order chi connectivity index (χ1) is 8.58. The molecule has 0 amide bonds. The molecule has 3 N–H and O–H groups in total. The molecule has 6 nitrogen and oxygen atoms in total. The Bertz CT molecular complexity index is 287. The third-order valence-corrected chi connectivity index (χ3v) is 3.87. The van der Waals surface area contributed by atoms with E-state index in [0.29, 0.717) is 6.54 Å². The van der Waals surface area contributed by atoms with Gasteiger partial charge in [0, 0.05) is 65.2 Å². The standard InChI is InChI=1S/C7H16N2O2S.C4H10N2/c1-12(10,11)7-6-9-4-2-8-3-5-9;1-2-6-4-3-5-1/h8H,2-7H2,1H3;5-6H,1-4H2. The maximum Gasteiger partial charge on any atom is 0.148 e. The van der Waals surface area contributed by atoms with Crippen LogP contribution in [0.1, 0.15) is 0 Å². The Morgan fingerprint density at radius 3 is 1.72 bits per heavy atom. The molecule has 0 saturated carbocycles. The Labute approximate surface area is 110 Å². The van der Waals surface area contributed by atoms with Crippen molar-refractivity contribution < 1.29 is 8.42 Å². The van der Waals surface area contributed by atoms with E-state index in [4.69, 9.17) is 0 Å². The maximum absolute atomic E-state index is 10.8. The summed E-state index contributed by atoms with van der Waals surface area (Å²) in [6, 6.07) is 0. The van der Waals surface area contributed by atoms with E-state index in [9.17, 15) is 8.42 Å². The van der Waals surface area contributed by atoms with Crippen LogP contribution < -0.4 is 16.0 Å². The second-order valence-corrected chi connectivity index (χ2v) is 6.98. The van der Waals surface area contributed by atoms with Crippen molar-refractivity contribution in [3.05, 3.63) is 0 Å². The zero-order chi connectivity index (χ0) is 13.3. The van der Waals surface area contributed by atoms with Crippen molar-refractivity contribution in [1.82, 2.24) is 20.9 Å². The minimum Gasteiger partial charge on any atom is -0.314 e. The summed E-state index contributed by atoms with van der Waals surface area (Å²) in [5.41, 5.74) is 0. The second-order valence-electron chi connectivity index (χ2n) is 4.72. The van der Waals surface area contributed by atoms with Crippen molar-refractivity contribution >= 4 is 9.84 Å². The van der Waals surface area contributed by atoms with Crippen LogP contribution >= 0.6 is 0 Å². The van der Waals surface area contributed by atoms with E-state index in [1.54, 1.807) is 0 Å². The highest BCUT2D eigenvalue weighted by molar-refractivity contribution is 7.90. The number of nitrogens with zero attached hydrogens (tertiary/aromatic N) is 1. The van der Waals surface area contributed by atoms with Crippen LogP contribution in [0.3, 0.4) is 0 Å². The Hall–Kier alpha value is -0.210. The Morgan fingerprint density at radius 1 is 0.889 bits per heavy atom. The highest BCUT2D eigenvalue weighted by atomic mass is 32.2. The normalized spacial score (nSPS) is 22.1. The van der Waals surface area contributed by atoms with Gasteiger partial charge in [-0.3, -0.25) is 4.90 Å². The summed E-state index contributed by atoms with van der Waals surface area (Å²) in [7, 11) is -2.79. The van der Waals surface area contributed by atoms with Crippen LogP contribution in [-0.2, 0) is 9.84 Å². The van der Waals surface area contributed by atoms with E-state index in [0.717, 1.165) is 52.4 Å². The van der Waals surface area contributed by atoms with E-state index < -0.39 is 9.84 Å². The topological polar surface area (TPSA) is 73.5 Å². The molecule has 0 bridgehead atoms. The molecule has 2 aliphatic heterocycles. The van der Waals surface area contributed by atoms with Crippen molar-refractivity contribution in [2.75, 3.05) is 70.9 Å². The zero-order valence-electron chi connectivity index (χ0n) is 11.2. The summed E-state index contributed by atoms with van der Waals surface area (Å²) in [6.07, 6.45) is 1.29. The lowest BCUT2D eigenvalue weighted by Crippen LogP contribution is -2.45. The first-order valence-electron chi connectivity index (χ1n) is 6.60. The van der Waals surface area contributed by atoms with Crippen LogP contribution in [0.25, 0.3) is 0 Å². The summed E-state index contributed by atoms with van der Waals surface area (Å²) in [4.78, 5) is 2.18. The average molecular weight is 278 g/mol. The lowest BCUT2D eigenvalue weighted by molar-refractivity contribution is 0.254. The van der Waals surface area contributed by atoms with Gasteiger partial charge in [-0.1, -0.05) is 0 Å². The molecule has 2 rings (SSSR count). The molecule has 7 heteroatoms. The van der Waals surface area contributed by atoms with Gasteiger partial charge >= 0.3 is 0 Å². The molecular formula is C11H26N4O2S. The minimum absolute atomic E-state index is 0.285. The molecule has 2 saturated heterocycles. The molecule has 2 aliphatic rings. The summed E-state index contributed by atoms with van der Waals surface area (Å²) in [6.45, 7) is 9.12. The third-order valence-electron chi connectivity index (χ3n) is 2.95.